The number of anilines is 1. The average Bonchev–Trinajstić information content (AvgIpc) is 2.80. The smallest absolute Gasteiger partial charge is 0.338 e. The van der Waals surface area contributed by atoms with Gasteiger partial charge in [-0.1, -0.05) is 11.3 Å². The van der Waals surface area contributed by atoms with E-state index in [4.69, 9.17) is 9.47 Å². The first kappa shape index (κ1) is 13.6. The van der Waals surface area contributed by atoms with Crippen molar-refractivity contribution in [3.8, 4) is 5.75 Å². The third kappa shape index (κ3) is 2.78. The van der Waals surface area contributed by atoms with Crippen LogP contribution >= 0.6 is 11.3 Å². The largest absolute Gasteiger partial charge is 0.489 e. The number of nitrogens with zero attached hydrogens (tertiary/aromatic N) is 1. The molecule has 0 fully saturated rings. The molecule has 0 spiro atoms. The van der Waals surface area contributed by atoms with Crippen molar-refractivity contribution in [2.75, 3.05) is 19.5 Å². The Kier molecular flexibility index (Phi) is 3.90. The number of hydrogen-bond acceptors (Lipinski definition) is 6. The number of benzene rings is 1. The summed E-state index contributed by atoms with van der Waals surface area (Å²) in [4.78, 5) is 16.1. The van der Waals surface area contributed by atoms with E-state index in [1.807, 2.05) is 20.9 Å². The second-order valence-corrected chi connectivity index (χ2v) is 5.28. The zero-order valence-corrected chi connectivity index (χ0v) is 12.1. The molecule has 1 heterocycles. The molecule has 0 aliphatic carbocycles. The van der Waals surface area contributed by atoms with Crippen LogP contribution in [0.5, 0.6) is 5.75 Å². The first-order valence-electron chi connectivity index (χ1n) is 5.92. The molecule has 102 valence electrons. The molecule has 1 N–H and O–H groups in total. The maximum absolute atomic E-state index is 11.7. The minimum Gasteiger partial charge on any atom is -0.489 e. The van der Waals surface area contributed by atoms with Crippen molar-refractivity contribution in [1.29, 1.82) is 0 Å². The van der Waals surface area contributed by atoms with E-state index in [1.165, 1.54) is 18.4 Å². The van der Waals surface area contributed by atoms with E-state index in [-0.39, 0.29) is 12.1 Å². The normalized spacial score (nSPS) is 10.8. The van der Waals surface area contributed by atoms with Gasteiger partial charge in [-0.2, -0.15) is 0 Å². The van der Waals surface area contributed by atoms with Crippen LogP contribution in [0.4, 0.5) is 5.13 Å². The number of carbonyl (C=O) groups excluding carboxylic acids is 1. The van der Waals surface area contributed by atoms with E-state index in [2.05, 4.69) is 10.3 Å². The van der Waals surface area contributed by atoms with Crippen LogP contribution in [0.1, 0.15) is 24.2 Å². The van der Waals surface area contributed by atoms with Gasteiger partial charge in [-0.15, -0.1) is 0 Å². The van der Waals surface area contributed by atoms with Gasteiger partial charge < -0.3 is 14.8 Å². The van der Waals surface area contributed by atoms with Gasteiger partial charge in [-0.3, -0.25) is 0 Å². The molecule has 0 amide bonds. The molecule has 0 aliphatic rings. The van der Waals surface area contributed by atoms with Crippen LogP contribution in [-0.2, 0) is 4.74 Å². The van der Waals surface area contributed by atoms with Crippen LogP contribution < -0.4 is 10.1 Å². The van der Waals surface area contributed by atoms with Crippen molar-refractivity contribution in [3.63, 3.8) is 0 Å². The van der Waals surface area contributed by atoms with E-state index >= 15 is 0 Å². The minimum absolute atomic E-state index is 0.0100. The molecular weight excluding hydrogens is 264 g/mol. The van der Waals surface area contributed by atoms with Crippen LogP contribution in [0, 0.1) is 0 Å². The number of nitrogens with one attached hydrogen (secondary N) is 1. The van der Waals surface area contributed by atoms with Crippen molar-refractivity contribution in [1.82, 2.24) is 4.98 Å². The Bertz CT molecular complexity index is 607. The Morgan fingerprint density at radius 2 is 2.16 bits per heavy atom. The van der Waals surface area contributed by atoms with Gasteiger partial charge in [-0.25, -0.2) is 9.78 Å². The summed E-state index contributed by atoms with van der Waals surface area (Å²) in [6, 6.07) is 3.44. The molecule has 0 aliphatic heterocycles. The number of ether oxygens (including phenoxy) is 2. The second-order valence-electron chi connectivity index (χ2n) is 4.25. The number of thiazole rings is 1. The molecule has 0 saturated carbocycles. The molecule has 0 bridgehead atoms. The molecule has 0 radical (unpaired) electrons. The zero-order valence-electron chi connectivity index (χ0n) is 11.3. The van der Waals surface area contributed by atoms with Gasteiger partial charge in [0.05, 0.1) is 23.5 Å². The van der Waals surface area contributed by atoms with Crippen LogP contribution in [0.3, 0.4) is 0 Å². The van der Waals surface area contributed by atoms with E-state index in [0.717, 1.165) is 15.3 Å². The molecule has 0 unspecified atom stereocenters. The van der Waals surface area contributed by atoms with Gasteiger partial charge in [-0.05, 0) is 26.0 Å². The van der Waals surface area contributed by atoms with Gasteiger partial charge in [0.15, 0.2) is 5.13 Å². The summed E-state index contributed by atoms with van der Waals surface area (Å²) >= 11 is 1.47. The molecule has 2 rings (SSSR count). The highest BCUT2D eigenvalue weighted by Crippen LogP contribution is 2.34. The molecular formula is C13H16N2O3S. The summed E-state index contributed by atoms with van der Waals surface area (Å²) in [6.07, 6.45) is 0.0100. The van der Waals surface area contributed by atoms with Gasteiger partial charge in [0.25, 0.3) is 0 Å². The Balaban J connectivity index is 2.59. The first-order chi connectivity index (χ1) is 9.05. The molecule has 0 atom stereocenters. The van der Waals surface area contributed by atoms with Gasteiger partial charge in [0.2, 0.25) is 0 Å². The van der Waals surface area contributed by atoms with Gasteiger partial charge in [0.1, 0.15) is 11.3 Å². The standard InChI is InChI=1S/C13H16N2O3S/c1-7(2)18-9-5-8(12(16)17-4)6-10-11(9)15-13(14-3)19-10/h5-7H,1-4H3,(H,14,15). The van der Waals surface area contributed by atoms with Gasteiger partial charge in [0, 0.05) is 7.05 Å². The predicted molar refractivity (Wildman–Crippen MR) is 76.3 cm³/mol. The Morgan fingerprint density at radius 3 is 2.74 bits per heavy atom. The SMILES string of the molecule is CNc1nc2c(OC(C)C)cc(C(=O)OC)cc2s1. The third-order valence-corrected chi connectivity index (χ3v) is 3.48. The summed E-state index contributed by atoms with van der Waals surface area (Å²) in [6.45, 7) is 3.87. The fourth-order valence-electron chi connectivity index (χ4n) is 1.69. The molecule has 5 nitrogen and oxygen atoms in total. The van der Waals surface area contributed by atoms with Crippen molar-refractivity contribution >= 4 is 32.7 Å². The van der Waals surface area contributed by atoms with Crippen LogP contribution in [0.15, 0.2) is 12.1 Å². The second kappa shape index (κ2) is 5.44. The number of methoxy groups -OCH3 is 1. The van der Waals surface area contributed by atoms with Crippen molar-refractivity contribution in [3.05, 3.63) is 17.7 Å². The maximum atomic E-state index is 11.7. The number of carbonyl (C=O) groups is 1. The average molecular weight is 280 g/mol. The lowest BCUT2D eigenvalue weighted by Gasteiger charge is -2.11. The third-order valence-electron chi connectivity index (χ3n) is 2.46. The molecule has 2 aromatic rings. The molecule has 6 heteroatoms. The van der Waals surface area contributed by atoms with E-state index in [0.29, 0.717) is 11.3 Å². The highest BCUT2D eigenvalue weighted by Gasteiger charge is 2.16. The molecule has 1 aromatic carbocycles. The summed E-state index contributed by atoms with van der Waals surface area (Å²) in [5.41, 5.74) is 1.23. The highest BCUT2D eigenvalue weighted by molar-refractivity contribution is 7.22. The zero-order chi connectivity index (χ0) is 14.0. The summed E-state index contributed by atoms with van der Waals surface area (Å²) < 4.78 is 11.4. The maximum Gasteiger partial charge on any atom is 0.338 e. The lowest BCUT2D eigenvalue weighted by atomic mass is 10.2. The fourth-order valence-corrected chi connectivity index (χ4v) is 2.56. The number of hydrogen-bond donors (Lipinski definition) is 1. The lowest BCUT2D eigenvalue weighted by Crippen LogP contribution is -2.08. The van der Waals surface area contributed by atoms with E-state index in [9.17, 15) is 4.79 Å². The molecule has 0 saturated heterocycles. The number of esters is 1. The first-order valence-corrected chi connectivity index (χ1v) is 6.74. The van der Waals surface area contributed by atoms with E-state index in [1.54, 1.807) is 12.1 Å². The predicted octanol–water partition coefficient (Wildman–Crippen LogP) is 2.91. The monoisotopic (exact) mass is 280 g/mol. The number of fused-ring (bicyclic) bond motifs is 1. The van der Waals surface area contributed by atoms with Crippen LogP contribution in [0.2, 0.25) is 0 Å². The van der Waals surface area contributed by atoms with Gasteiger partial charge >= 0.3 is 5.97 Å². The highest BCUT2D eigenvalue weighted by atomic mass is 32.1. The van der Waals surface area contributed by atoms with Crippen LogP contribution in [-0.4, -0.2) is 31.2 Å². The summed E-state index contributed by atoms with van der Waals surface area (Å²) in [7, 11) is 3.17. The number of rotatable bonds is 4. The molecule has 1 aromatic heterocycles. The van der Waals surface area contributed by atoms with Crippen molar-refractivity contribution in [2.45, 2.75) is 20.0 Å². The topological polar surface area (TPSA) is 60.5 Å². The van der Waals surface area contributed by atoms with E-state index < -0.39 is 0 Å². The minimum atomic E-state index is -0.380. The quantitative estimate of drug-likeness (QED) is 0.873. The fraction of sp³-hybridized carbons (Fsp3) is 0.385. The Hall–Kier alpha value is -1.82. The lowest BCUT2D eigenvalue weighted by molar-refractivity contribution is 0.0600. The number of aromatic nitrogens is 1. The van der Waals surface area contributed by atoms with Crippen molar-refractivity contribution in [2.24, 2.45) is 0 Å². The summed E-state index contributed by atoms with van der Waals surface area (Å²) in [5, 5.41) is 3.78. The Morgan fingerprint density at radius 1 is 1.42 bits per heavy atom. The molecule has 19 heavy (non-hydrogen) atoms. The summed E-state index contributed by atoms with van der Waals surface area (Å²) in [5.74, 6) is 0.223. The Labute approximate surface area is 115 Å². The van der Waals surface area contributed by atoms with Crippen molar-refractivity contribution < 1.29 is 14.3 Å². The van der Waals surface area contributed by atoms with Crippen LogP contribution in [0.25, 0.3) is 10.2 Å².